The number of hydrogen-bond donors (Lipinski definition) is 1. The van der Waals surface area contributed by atoms with Gasteiger partial charge in [-0.25, -0.2) is 0 Å². The monoisotopic (exact) mass is 386 g/mol. The van der Waals surface area contributed by atoms with E-state index in [0.29, 0.717) is 17.9 Å². The average molecular weight is 386 g/mol. The van der Waals surface area contributed by atoms with Crippen LogP contribution in [0.2, 0.25) is 0 Å². The summed E-state index contributed by atoms with van der Waals surface area (Å²) in [5, 5.41) is 2.95. The largest absolute Gasteiger partial charge is 0.497 e. The number of carbonyl (C=O) groups is 2. The normalized spacial score (nSPS) is 15.4. The van der Waals surface area contributed by atoms with Crippen LogP contribution in [0.4, 0.5) is 11.4 Å². The first-order valence-electron chi connectivity index (χ1n) is 9.53. The molecule has 29 heavy (non-hydrogen) atoms. The van der Waals surface area contributed by atoms with Crippen LogP contribution in [0.15, 0.2) is 78.9 Å². The molecular formula is C24H22N2O3. The molecule has 5 heteroatoms. The Kier molecular flexibility index (Phi) is 5.29. The lowest BCUT2D eigenvalue weighted by Crippen LogP contribution is -2.48. The highest BCUT2D eigenvalue weighted by atomic mass is 16.5. The van der Waals surface area contributed by atoms with Gasteiger partial charge in [0.1, 0.15) is 11.8 Å². The Bertz CT molecular complexity index is 1020. The van der Waals surface area contributed by atoms with E-state index in [0.717, 1.165) is 16.9 Å². The quantitative estimate of drug-likeness (QED) is 0.642. The van der Waals surface area contributed by atoms with E-state index in [2.05, 4.69) is 5.32 Å². The van der Waals surface area contributed by atoms with Gasteiger partial charge in [-0.2, -0.15) is 0 Å². The Morgan fingerprint density at radius 3 is 2.38 bits per heavy atom. The number of rotatable bonds is 6. The zero-order chi connectivity index (χ0) is 20.2. The molecule has 3 aromatic carbocycles. The lowest BCUT2D eigenvalue weighted by molar-refractivity contribution is -0.117. The van der Waals surface area contributed by atoms with E-state index in [-0.39, 0.29) is 18.1 Å². The smallest absolute Gasteiger partial charge is 0.247 e. The predicted molar refractivity (Wildman–Crippen MR) is 113 cm³/mol. The summed E-state index contributed by atoms with van der Waals surface area (Å²) in [7, 11) is 1.59. The minimum Gasteiger partial charge on any atom is -0.497 e. The number of methoxy groups -OCH3 is 1. The zero-order valence-corrected chi connectivity index (χ0v) is 16.2. The molecule has 0 saturated heterocycles. The van der Waals surface area contributed by atoms with Crippen LogP contribution in [0.5, 0.6) is 5.75 Å². The van der Waals surface area contributed by atoms with Crippen LogP contribution in [0.3, 0.4) is 0 Å². The Labute approximate surface area is 169 Å². The van der Waals surface area contributed by atoms with Crippen molar-refractivity contribution in [3.8, 4) is 5.75 Å². The van der Waals surface area contributed by atoms with Gasteiger partial charge in [0.25, 0.3) is 0 Å². The highest BCUT2D eigenvalue weighted by molar-refractivity contribution is 6.07. The van der Waals surface area contributed by atoms with Crippen LogP contribution < -0.4 is 15.0 Å². The molecule has 0 saturated carbocycles. The number of anilines is 2. The zero-order valence-electron chi connectivity index (χ0n) is 16.2. The molecule has 1 heterocycles. The topological polar surface area (TPSA) is 58.6 Å². The van der Waals surface area contributed by atoms with Crippen molar-refractivity contribution < 1.29 is 14.3 Å². The number of fused-ring (bicyclic) bond motifs is 1. The first-order valence-corrected chi connectivity index (χ1v) is 9.53. The van der Waals surface area contributed by atoms with Crippen molar-refractivity contribution in [2.45, 2.75) is 19.0 Å². The molecule has 3 aromatic rings. The number of carbonyl (C=O) groups excluding carboxylic acids is 2. The third-order valence-electron chi connectivity index (χ3n) is 5.14. The molecule has 0 spiro atoms. The number of nitrogens with one attached hydrogen (secondary N) is 1. The highest BCUT2D eigenvalue weighted by Gasteiger charge is 2.34. The van der Waals surface area contributed by atoms with Gasteiger partial charge in [-0.15, -0.1) is 0 Å². The number of Topliss-reactive ketones (excluding diaryl/α,β-unsaturated/α-hetero) is 1. The number of ether oxygens (including phenoxy) is 1. The highest BCUT2D eigenvalue weighted by Crippen LogP contribution is 2.34. The fourth-order valence-electron chi connectivity index (χ4n) is 3.60. The molecule has 5 nitrogen and oxygen atoms in total. The van der Waals surface area contributed by atoms with Crippen LogP contribution in [-0.4, -0.2) is 24.8 Å². The number of nitrogens with zero attached hydrogens (tertiary/aromatic N) is 1. The second-order valence-corrected chi connectivity index (χ2v) is 6.99. The molecule has 1 amide bonds. The summed E-state index contributed by atoms with van der Waals surface area (Å²) in [6, 6.07) is 24.0. The fraction of sp³-hybridized carbons (Fsp3) is 0.167. The second kappa shape index (κ2) is 8.19. The van der Waals surface area contributed by atoms with E-state index < -0.39 is 6.04 Å². The van der Waals surface area contributed by atoms with E-state index in [1.807, 2.05) is 59.5 Å². The van der Waals surface area contributed by atoms with Crippen molar-refractivity contribution in [1.82, 2.24) is 0 Å². The maximum atomic E-state index is 12.9. The molecule has 0 unspecified atom stereocenters. The van der Waals surface area contributed by atoms with Crippen LogP contribution in [0.1, 0.15) is 22.3 Å². The van der Waals surface area contributed by atoms with Crippen molar-refractivity contribution in [1.29, 1.82) is 0 Å². The third-order valence-corrected chi connectivity index (χ3v) is 5.14. The third kappa shape index (κ3) is 3.99. The minimum atomic E-state index is -0.584. The lowest BCUT2D eigenvalue weighted by Gasteiger charge is -2.38. The van der Waals surface area contributed by atoms with E-state index in [1.54, 1.807) is 31.4 Å². The summed E-state index contributed by atoms with van der Waals surface area (Å²) in [4.78, 5) is 27.8. The van der Waals surface area contributed by atoms with E-state index in [9.17, 15) is 9.59 Å². The van der Waals surface area contributed by atoms with Gasteiger partial charge in [-0.1, -0.05) is 42.5 Å². The van der Waals surface area contributed by atoms with E-state index in [4.69, 9.17) is 4.74 Å². The molecule has 1 N–H and O–H groups in total. The van der Waals surface area contributed by atoms with Gasteiger partial charge in [-0.3, -0.25) is 9.59 Å². The molecular weight excluding hydrogens is 364 g/mol. The SMILES string of the molecule is COc1ccc(C(=O)C[C@@H]2C(=O)Nc3ccccc3N2Cc2ccccc2)cc1. The fourth-order valence-corrected chi connectivity index (χ4v) is 3.60. The van der Waals surface area contributed by atoms with Crippen molar-refractivity contribution in [2.24, 2.45) is 0 Å². The summed E-state index contributed by atoms with van der Waals surface area (Å²) in [6.45, 7) is 0.547. The molecule has 1 aliphatic rings. The number of amides is 1. The van der Waals surface area contributed by atoms with Gasteiger partial charge in [0, 0.05) is 18.5 Å². The lowest BCUT2D eigenvalue weighted by atomic mass is 9.98. The number of para-hydroxylation sites is 2. The van der Waals surface area contributed by atoms with Crippen LogP contribution in [0.25, 0.3) is 0 Å². The summed E-state index contributed by atoms with van der Waals surface area (Å²) in [6.07, 6.45) is 0.0966. The van der Waals surface area contributed by atoms with Gasteiger partial charge in [0.15, 0.2) is 5.78 Å². The van der Waals surface area contributed by atoms with Crippen LogP contribution in [0, 0.1) is 0 Å². The van der Waals surface area contributed by atoms with Crippen molar-refractivity contribution in [3.63, 3.8) is 0 Å². The molecule has 0 aromatic heterocycles. The Morgan fingerprint density at radius 1 is 0.966 bits per heavy atom. The number of hydrogen-bond acceptors (Lipinski definition) is 4. The van der Waals surface area contributed by atoms with Crippen molar-refractivity contribution >= 4 is 23.1 Å². The maximum Gasteiger partial charge on any atom is 0.247 e. The molecule has 0 fully saturated rings. The predicted octanol–water partition coefficient (Wildman–Crippen LogP) is 4.30. The van der Waals surface area contributed by atoms with Crippen LogP contribution >= 0.6 is 0 Å². The molecule has 0 bridgehead atoms. The standard InChI is InChI=1S/C24H22N2O3/c1-29-19-13-11-18(12-14-19)23(27)15-22-24(28)25-20-9-5-6-10-21(20)26(22)16-17-7-3-2-4-8-17/h2-14,22H,15-16H2,1H3,(H,25,28)/t22-/m1/s1. The Morgan fingerprint density at radius 2 is 1.66 bits per heavy atom. The van der Waals surface area contributed by atoms with Gasteiger partial charge >= 0.3 is 0 Å². The summed E-state index contributed by atoms with van der Waals surface area (Å²) in [5.41, 5.74) is 3.33. The van der Waals surface area contributed by atoms with E-state index in [1.165, 1.54) is 0 Å². The summed E-state index contributed by atoms with van der Waals surface area (Å²) >= 11 is 0. The van der Waals surface area contributed by atoms with Gasteiger partial charge in [0.2, 0.25) is 5.91 Å². The molecule has 0 radical (unpaired) electrons. The van der Waals surface area contributed by atoms with Gasteiger partial charge in [-0.05, 0) is 42.0 Å². The molecule has 1 aliphatic heterocycles. The number of benzene rings is 3. The molecule has 146 valence electrons. The Hall–Kier alpha value is -3.60. The number of ketones is 1. The summed E-state index contributed by atoms with van der Waals surface area (Å²) < 4.78 is 5.15. The van der Waals surface area contributed by atoms with Gasteiger partial charge < -0.3 is 15.0 Å². The first-order chi connectivity index (χ1) is 14.2. The van der Waals surface area contributed by atoms with Crippen molar-refractivity contribution in [2.75, 3.05) is 17.3 Å². The summed E-state index contributed by atoms with van der Waals surface area (Å²) in [5.74, 6) is 0.448. The first kappa shape index (κ1) is 18.7. The Balaban J connectivity index is 1.63. The maximum absolute atomic E-state index is 12.9. The molecule has 1 atom stereocenters. The average Bonchev–Trinajstić information content (AvgIpc) is 2.76. The van der Waals surface area contributed by atoms with Gasteiger partial charge in [0.05, 0.1) is 18.5 Å². The van der Waals surface area contributed by atoms with E-state index >= 15 is 0 Å². The molecule has 0 aliphatic carbocycles. The van der Waals surface area contributed by atoms with Crippen LogP contribution in [-0.2, 0) is 11.3 Å². The second-order valence-electron chi connectivity index (χ2n) is 6.99. The van der Waals surface area contributed by atoms with Crippen molar-refractivity contribution in [3.05, 3.63) is 90.0 Å². The molecule has 4 rings (SSSR count). The minimum absolute atomic E-state index is 0.0785.